The molecule has 1 aliphatic heterocycles. The van der Waals surface area contributed by atoms with Gasteiger partial charge < -0.3 is 14.7 Å². The number of aromatic nitrogens is 2. The van der Waals surface area contributed by atoms with Crippen molar-refractivity contribution < 1.29 is 14.6 Å². The second-order valence-electron chi connectivity index (χ2n) is 8.26. The number of phenols is 1. The Morgan fingerprint density at radius 1 is 1.06 bits per heavy atom. The Balaban J connectivity index is 1.74. The summed E-state index contributed by atoms with van der Waals surface area (Å²) in [5.41, 5.74) is 3.53. The molecule has 4 rings (SSSR count). The summed E-state index contributed by atoms with van der Waals surface area (Å²) >= 11 is 0. The zero-order valence-corrected chi connectivity index (χ0v) is 18.8. The van der Waals surface area contributed by atoms with Crippen molar-refractivity contribution in [3.63, 3.8) is 0 Å². The van der Waals surface area contributed by atoms with E-state index in [1.165, 1.54) is 0 Å². The smallest absolute Gasteiger partial charge is 0.273 e. The molecule has 0 aliphatic carbocycles. The number of nitrogens with zero attached hydrogens (tertiary/aromatic N) is 2. The molecule has 0 saturated carbocycles. The molecule has 3 aromatic rings. The molecule has 1 amide bonds. The van der Waals surface area contributed by atoms with E-state index in [2.05, 4.69) is 24.0 Å². The number of amides is 1. The molecule has 0 spiro atoms. The molecule has 0 fully saturated rings. The van der Waals surface area contributed by atoms with Crippen molar-refractivity contribution in [1.29, 1.82) is 0 Å². The number of fused-ring (bicyclic) bond motifs is 1. The van der Waals surface area contributed by atoms with E-state index in [0.717, 1.165) is 49.0 Å². The van der Waals surface area contributed by atoms with E-state index in [0.29, 0.717) is 30.1 Å². The summed E-state index contributed by atoms with van der Waals surface area (Å²) in [6, 6.07) is 14.8. The van der Waals surface area contributed by atoms with Crippen molar-refractivity contribution in [2.45, 2.75) is 52.0 Å². The van der Waals surface area contributed by atoms with Crippen molar-refractivity contribution in [2.75, 3.05) is 13.2 Å². The Morgan fingerprint density at radius 3 is 2.66 bits per heavy atom. The van der Waals surface area contributed by atoms with Gasteiger partial charge in [-0.15, -0.1) is 0 Å². The number of H-pyrrole nitrogens is 1. The van der Waals surface area contributed by atoms with Crippen LogP contribution in [-0.2, 0) is 0 Å². The maximum absolute atomic E-state index is 13.3. The van der Waals surface area contributed by atoms with Crippen molar-refractivity contribution in [3.05, 3.63) is 65.4 Å². The van der Waals surface area contributed by atoms with E-state index < -0.39 is 0 Å². The van der Waals surface area contributed by atoms with Crippen LogP contribution < -0.4 is 4.74 Å². The number of ether oxygens (including phenoxy) is 1. The van der Waals surface area contributed by atoms with Gasteiger partial charge in [0.15, 0.2) is 0 Å². The van der Waals surface area contributed by atoms with Gasteiger partial charge in [-0.3, -0.25) is 9.89 Å². The number of hydrogen-bond acceptors (Lipinski definition) is 4. The Hall–Kier alpha value is -3.28. The van der Waals surface area contributed by atoms with Crippen LogP contribution in [0, 0.1) is 0 Å². The quantitative estimate of drug-likeness (QED) is 0.402. The largest absolute Gasteiger partial charge is 0.507 e. The topological polar surface area (TPSA) is 78.5 Å². The third-order valence-electron chi connectivity index (χ3n) is 5.97. The molecular weight excluding hydrogens is 402 g/mol. The van der Waals surface area contributed by atoms with Crippen molar-refractivity contribution in [2.24, 2.45) is 0 Å². The summed E-state index contributed by atoms with van der Waals surface area (Å²) < 4.78 is 5.99. The van der Waals surface area contributed by atoms with Gasteiger partial charge in [0.05, 0.1) is 12.6 Å². The molecule has 2 N–H and O–H groups in total. The number of phenolic OH excluding ortho intramolecular Hbond substituents is 1. The normalized spacial score (nSPS) is 15.2. The van der Waals surface area contributed by atoms with Crippen LogP contribution in [0.1, 0.15) is 73.6 Å². The predicted octanol–water partition coefficient (Wildman–Crippen LogP) is 5.70. The Bertz CT molecular complexity index is 1080. The van der Waals surface area contributed by atoms with Gasteiger partial charge >= 0.3 is 0 Å². The van der Waals surface area contributed by atoms with Gasteiger partial charge in [-0.25, -0.2) is 0 Å². The highest BCUT2D eigenvalue weighted by atomic mass is 16.5. The van der Waals surface area contributed by atoms with Gasteiger partial charge in [-0.1, -0.05) is 57.4 Å². The minimum Gasteiger partial charge on any atom is -0.507 e. The Labute approximate surface area is 189 Å². The summed E-state index contributed by atoms with van der Waals surface area (Å²) in [5, 5.41) is 17.8. The van der Waals surface area contributed by atoms with Gasteiger partial charge in [-0.2, -0.15) is 5.10 Å². The summed E-state index contributed by atoms with van der Waals surface area (Å²) in [5.74, 6) is 0.900. The molecular formula is C26H31N3O3. The molecule has 0 saturated heterocycles. The first-order valence-electron chi connectivity index (χ1n) is 11.6. The standard InChI is InChI=1S/C26H31N3O3/c1-3-5-9-16-32-19-12-10-11-18(17-19)25-22-23(20-13-7-8-14-21(20)30)27-28-24(22)26(31)29(25)15-6-4-2/h7-8,10-14,17,25,30H,3-6,9,15-16H2,1-2H3,(H,27,28)/t25-/m1/s1. The number of benzene rings is 2. The van der Waals surface area contributed by atoms with E-state index in [9.17, 15) is 9.90 Å². The Morgan fingerprint density at radius 2 is 1.88 bits per heavy atom. The van der Waals surface area contributed by atoms with Crippen molar-refractivity contribution in [3.8, 4) is 22.8 Å². The van der Waals surface area contributed by atoms with Crippen LogP contribution >= 0.6 is 0 Å². The highest BCUT2D eigenvalue weighted by molar-refractivity contribution is 6.00. The van der Waals surface area contributed by atoms with Gasteiger partial charge in [0, 0.05) is 17.7 Å². The number of aromatic hydroxyl groups is 1. The molecule has 32 heavy (non-hydrogen) atoms. The lowest BCUT2D eigenvalue weighted by molar-refractivity contribution is 0.0741. The van der Waals surface area contributed by atoms with Crippen LogP contribution in [0.25, 0.3) is 11.3 Å². The highest BCUT2D eigenvalue weighted by Crippen LogP contribution is 2.44. The average Bonchev–Trinajstić information content (AvgIpc) is 3.34. The number of carbonyl (C=O) groups excluding carboxylic acids is 1. The first-order valence-corrected chi connectivity index (χ1v) is 11.6. The summed E-state index contributed by atoms with van der Waals surface area (Å²) in [6.07, 6.45) is 5.23. The monoisotopic (exact) mass is 433 g/mol. The van der Waals surface area contributed by atoms with Crippen LogP contribution in [-0.4, -0.2) is 39.3 Å². The lowest BCUT2D eigenvalue weighted by atomic mass is 9.95. The zero-order chi connectivity index (χ0) is 22.5. The number of unbranched alkanes of at least 4 members (excludes halogenated alkanes) is 3. The number of nitrogens with one attached hydrogen (secondary N) is 1. The minimum atomic E-state index is -0.281. The molecule has 168 valence electrons. The van der Waals surface area contributed by atoms with Crippen LogP contribution in [0.2, 0.25) is 0 Å². The number of carbonyl (C=O) groups is 1. The van der Waals surface area contributed by atoms with E-state index in [-0.39, 0.29) is 17.7 Å². The first-order chi connectivity index (χ1) is 15.7. The summed E-state index contributed by atoms with van der Waals surface area (Å²) in [4.78, 5) is 15.2. The lowest BCUT2D eigenvalue weighted by Gasteiger charge is -2.26. The fourth-order valence-electron chi connectivity index (χ4n) is 4.30. The highest BCUT2D eigenvalue weighted by Gasteiger charge is 2.42. The molecule has 0 radical (unpaired) electrons. The molecule has 2 aromatic carbocycles. The predicted molar refractivity (Wildman–Crippen MR) is 125 cm³/mol. The molecule has 2 heterocycles. The van der Waals surface area contributed by atoms with Crippen molar-refractivity contribution in [1.82, 2.24) is 15.1 Å². The van der Waals surface area contributed by atoms with Gasteiger partial charge in [0.1, 0.15) is 22.9 Å². The number of rotatable bonds is 10. The Kier molecular flexibility index (Phi) is 6.78. The SMILES string of the molecule is CCCCCOc1cccc([C@@H]2c3c(-c4ccccc4O)n[nH]c3C(=O)N2CCCC)c1. The second kappa shape index (κ2) is 9.90. The number of hydrogen-bond donors (Lipinski definition) is 2. The molecule has 6 heteroatoms. The van der Waals surface area contributed by atoms with E-state index >= 15 is 0 Å². The average molecular weight is 434 g/mol. The van der Waals surface area contributed by atoms with E-state index in [1.807, 2.05) is 41.3 Å². The van der Waals surface area contributed by atoms with Crippen LogP contribution in [0.15, 0.2) is 48.5 Å². The first kappa shape index (κ1) is 21.9. The van der Waals surface area contributed by atoms with Crippen LogP contribution in [0.5, 0.6) is 11.5 Å². The van der Waals surface area contributed by atoms with Gasteiger partial charge in [-0.05, 0) is 42.7 Å². The van der Waals surface area contributed by atoms with Crippen LogP contribution in [0.3, 0.4) is 0 Å². The molecule has 0 unspecified atom stereocenters. The zero-order valence-electron chi connectivity index (χ0n) is 18.8. The summed E-state index contributed by atoms with van der Waals surface area (Å²) in [6.45, 7) is 5.63. The van der Waals surface area contributed by atoms with Crippen molar-refractivity contribution >= 4 is 5.91 Å². The fourth-order valence-corrected chi connectivity index (χ4v) is 4.30. The molecule has 6 nitrogen and oxygen atoms in total. The number of aromatic amines is 1. The lowest BCUT2D eigenvalue weighted by Crippen LogP contribution is -2.30. The van der Waals surface area contributed by atoms with Gasteiger partial charge in [0.25, 0.3) is 5.91 Å². The van der Waals surface area contributed by atoms with E-state index in [4.69, 9.17) is 4.74 Å². The van der Waals surface area contributed by atoms with E-state index in [1.54, 1.807) is 12.1 Å². The van der Waals surface area contributed by atoms with Crippen LogP contribution in [0.4, 0.5) is 0 Å². The summed E-state index contributed by atoms with van der Waals surface area (Å²) in [7, 11) is 0. The minimum absolute atomic E-state index is 0.0538. The maximum atomic E-state index is 13.3. The number of para-hydroxylation sites is 1. The third kappa shape index (κ3) is 4.22. The molecule has 1 aromatic heterocycles. The fraction of sp³-hybridized carbons (Fsp3) is 0.385. The second-order valence-corrected chi connectivity index (χ2v) is 8.26. The molecule has 1 aliphatic rings. The van der Waals surface area contributed by atoms with Gasteiger partial charge in [0.2, 0.25) is 0 Å². The maximum Gasteiger partial charge on any atom is 0.273 e. The third-order valence-corrected chi connectivity index (χ3v) is 5.97. The molecule has 0 bridgehead atoms. The molecule has 1 atom stereocenters.